The first kappa shape index (κ1) is 27.2. The van der Waals surface area contributed by atoms with Crippen molar-refractivity contribution >= 4 is 34.5 Å². The summed E-state index contributed by atoms with van der Waals surface area (Å²) in [5, 5.41) is 13.5. The van der Waals surface area contributed by atoms with E-state index in [-0.39, 0.29) is 17.3 Å². The molecule has 0 radical (unpaired) electrons. The lowest BCUT2D eigenvalue weighted by atomic mass is 9.92. The topological polar surface area (TPSA) is 76.1 Å². The van der Waals surface area contributed by atoms with Crippen molar-refractivity contribution in [1.29, 1.82) is 0 Å². The van der Waals surface area contributed by atoms with E-state index in [1.54, 1.807) is 31.4 Å². The van der Waals surface area contributed by atoms with Gasteiger partial charge in [-0.2, -0.15) is 0 Å². The lowest BCUT2D eigenvalue weighted by Crippen LogP contribution is -2.29. The third-order valence-corrected chi connectivity index (χ3v) is 7.98. The standard InChI is InChI=1S/C33H31NO5S/c1-19(2)25-18-26(21(4)17-27(25)38-5)31(35)29-30(28-10-7-15-40-28)34(33(37)32(29)36)22-11-13-23(14-12-22)39-24-9-6-8-20(3)16-24/h6-19,30,35H,1-5H3/b31-29+. The molecule has 2 heterocycles. The molecule has 5 rings (SSSR count). The van der Waals surface area contributed by atoms with Gasteiger partial charge in [0, 0.05) is 16.1 Å². The fourth-order valence-electron chi connectivity index (χ4n) is 5.03. The summed E-state index contributed by atoms with van der Waals surface area (Å²) in [5.41, 5.74) is 3.83. The molecule has 1 aromatic heterocycles. The molecule has 4 aromatic rings. The maximum absolute atomic E-state index is 13.5. The maximum Gasteiger partial charge on any atom is 0.300 e. The molecule has 6 nitrogen and oxygen atoms in total. The molecule has 0 aliphatic carbocycles. The van der Waals surface area contributed by atoms with Gasteiger partial charge >= 0.3 is 0 Å². The largest absolute Gasteiger partial charge is 0.507 e. The average Bonchev–Trinajstić information content (AvgIpc) is 3.55. The Morgan fingerprint density at radius 2 is 1.70 bits per heavy atom. The van der Waals surface area contributed by atoms with E-state index in [1.165, 1.54) is 16.2 Å². The average molecular weight is 554 g/mol. The van der Waals surface area contributed by atoms with Crippen molar-refractivity contribution in [3.05, 3.63) is 111 Å². The van der Waals surface area contributed by atoms with Crippen LogP contribution in [0.4, 0.5) is 5.69 Å². The van der Waals surface area contributed by atoms with Gasteiger partial charge in [0.15, 0.2) is 0 Å². The van der Waals surface area contributed by atoms with E-state index >= 15 is 0 Å². The van der Waals surface area contributed by atoms with Gasteiger partial charge in [-0.25, -0.2) is 0 Å². The first-order valence-electron chi connectivity index (χ1n) is 13.1. The number of rotatable bonds is 7. The minimum Gasteiger partial charge on any atom is -0.507 e. The number of aliphatic hydroxyl groups excluding tert-OH is 1. The third-order valence-electron chi connectivity index (χ3n) is 7.05. The zero-order chi connectivity index (χ0) is 28.6. The van der Waals surface area contributed by atoms with Crippen molar-refractivity contribution in [3.63, 3.8) is 0 Å². The van der Waals surface area contributed by atoms with Crippen LogP contribution in [0.25, 0.3) is 5.76 Å². The molecule has 204 valence electrons. The first-order chi connectivity index (χ1) is 19.2. The summed E-state index contributed by atoms with van der Waals surface area (Å²) in [6, 6.07) is 21.5. The Hall–Kier alpha value is -4.36. The van der Waals surface area contributed by atoms with Crippen LogP contribution < -0.4 is 14.4 Å². The minimum absolute atomic E-state index is 0.0653. The maximum atomic E-state index is 13.5. The highest BCUT2D eigenvalue weighted by atomic mass is 32.1. The van der Waals surface area contributed by atoms with Gasteiger partial charge in [-0.05, 0) is 96.4 Å². The van der Waals surface area contributed by atoms with Gasteiger partial charge in [-0.3, -0.25) is 14.5 Å². The number of ether oxygens (including phenoxy) is 2. The Balaban J connectivity index is 1.59. The summed E-state index contributed by atoms with van der Waals surface area (Å²) in [4.78, 5) is 29.3. The number of thiophene rings is 1. The lowest BCUT2D eigenvalue weighted by molar-refractivity contribution is -0.132. The number of carbonyl (C=O) groups is 2. The van der Waals surface area contributed by atoms with Crippen molar-refractivity contribution in [2.24, 2.45) is 0 Å². The lowest BCUT2D eigenvalue weighted by Gasteiger charge is -2.24. The highest BCUT2D eigenvalue weighted by molar-refractivity contribution is 7.10. The Morgan fingerprint density at radius 1 is 0.950 bits per heavy atom. The molecule has 7 heteroatoms. The Labute approximate surface area is 238 Å². The van der Waals surface area contributed by atoms with Crippen molar-refractivity contribution in [3.8, 4) is 17.2 Å². The number of aryl methyl sites for hydroxylation is 2. The molecular formula is C33H31NO5S. The van der Waals surface area contributed by atoms with Crippen LogP contribution in [-0.2, 0) is 9.59 Å². The monoisotopic (exact) mass is 553 g/mol. The fraction of sp³-hybridized carbons (Fsp3) is 0.212. The summed E-state index contributed by atoms with van der Waals surface area (Å²) in [5.74, 6) is 0.544. The Bertz CT molecular complexity index is 1600. The van der Waals surface area contributed by atoms with Gasteiger partial charge in [0.1, 0.15) is 29.0 Å². The zero-order valence-corrected chi connectivity index (χ0v) is 23.9. The SMILES string of the molecule is COc1cc(C)c(/C(O)=C2\C(=O)C(=O)N(c3ccc(Oc4cccc(C)c4)cc3)C2c2cccs2)cc1C(C)C. The van der Waals surface area contributed by atoms with Gasteiger partial charge in [0.05, 0.1) is 12.7 Å². The summed E-state index contributed by atoms with van der Waals surface area (Å²) < 4.78 is 11.5. The van der Waals surface area contributed by atoms with Crippen LogP contribution in [0.3, 0.4) is 0 Å². The molecular weight excluding hydrogens is 522 g/mol. The molecule has 1 aliphatic heterocycles. The molecule has 1 aliphatic rings. The number of ketones is 1. The molecule has 0 spiro atoms. The highest BCUT2D eigenvalue weighted by Gasteiger charge is 2.47. The quantitative estimate of drug-likeness (QED) is 0.143. The molecule has 1 N–H and O–H groups in total. The van der Waals surface area contributed by atoms with E-state index in [1.807, 2.05) is 81.6 Å². The predicted molar refractivity (Wildman–Crippen MR) is 159 cm³/mol. The van der Waals surface area contributed by atoms with Gasteiger partial charge in [-0.15, -0.1) is 11.3 Å². The number of aliphatic hydroxyl groups is 1. The molecule has 0 saturated carbocycles. The van der Waals surface area contributed by atoms with Crippen LogP contribution in [0, 0.1) is 13.8 Å². The fourth-order valence-corrected chi connectivity index (χ4v) is 5.85. The second-order valence-electron chi connectivity index (χ2n) is 10.2. The van der Waals surface area contributed by atoms with E-state index in [2.05, 4.69) is 0 Å². The molecule has 0 bridgehead atoms. The molecule has 1 amide bonds. The molecule has 3 aromatic carbocycles. The number of amides is 1. The van der Waals surface area contributed by atoms with Crippen molar-refractivity contribution in [2.75, 3.05) is 12.0 Å². The Morgan fingerprint density at radius 3 is 2.33 bits per heavy atom. The van der Waals surface area contributed by atoms with Crippen LogP contribution in [0.5, 0.6) is 17.2 Å². The number of anilines is 1. The predicted octanol–water partition coefficient (Wildman–Crippen LogP) is 7.92. The number of hydrogen-bond acceptors (Lipinski definition) is 6. The normalized spacial score (nSPS) is 16.6. The molecule has 40 heavy (non-hydrogen) atoms. The number of hydrogen-bond donors (Lipinski definition) is 1. The van der Waals surface area contributed by atoms with E-state index in [0.717, 1.165) is 21.6 Å². The summed E-state index contributed by atoms with van der Waals surface area (Å²) >= 11 is 1.43. The third kappa shape index (κ3) is 5.00. The van der Waals surface area contributed by atoms with E-state index in [0.29, 0.717) is 28.5 Å². The van der Waals surface area contributed by atoms with Gasteiger partial charge in [0.2, 0.25) is 0 Å². The number of Topliss-reactive ketones (excluding diaryl/α,β-unsaturated/α-hetero) is 1. The summed E-state index contributed by atoms with van der Waals surface area (Å²) in [6.45, 7) is 7.92. The van der Waals surface area contributed by atoms with E-state index in [9.17, 15) is 14.7 Å². The van der Waals surface area contributed by atoms with Crippen LogP contribution in [0.1, 0.15) is 52.9 Å². The minimum atomic E-state index is -0.771. The van der Waals surface area contributed by atoms with Crippen LogP contribution in [0.15, 0.2) is 83.7 Å². The number of carbonyl (C=O) groups excluding carboxylic acids is 2. The summed E-state index contributed by atoms with van der Waals surface area (Å²) in [6.07, 6.45) is 0. The zero-order valence-electron chi connectivity index (χ0n) is 23.1. The van der Waals surface area contributed by atoms with Gasteiger partial charge in [0.25, 0.3) is 11.7 Å². The van der Waals surface area contributed by atoms with Gasteiger partial charge < -0.3 is 14.6 Å². The first-order valence-corrected chi connectivity index (χ1v) is 14.0. The van der Waals surface area contributed by atoms with E-state index in [4.69, 9.17) is 9.47 Å². The number of nitrogens with zero attached hydrogens (tertiary/aromatic N) is 1. The number of benzene rings is 3. The Kier molecular flexibility index (Phi) is 7.50. The van der Waals surface area contributed by atoms with E-state index < -0.39 is 17.7 Å². The summed E-state index contributed by atoms with van der Waals surface area (Å²) in [7, 11) is 1.61. The molecule has 1 atom stereocenters. The molecule has 1 saturated heterocycles. The van der Waals surface area contributed by atoms with Crippen molar-refractivity contribution in [1.82, 2.24) is 0 Å². The second kappa shape index (κ2) is 11.0. The molecule has 1 fully saturated rings. The van der Waals surface area contributed by atoms with Crippen LogP contribution in [0.2, 0.25) is 0 Å². The second-order valence-corrected chi connectivity index (χ2v) is 11.1. The van der Waals surface area contributed by atoms with Crippen LogP contribution >= 0.6 is 11.3 Å². The molecule has 1 unspecified atom stereocenters. The highest BCUT2D eigenvalue weighted by Crippen LogP contribution is 2.45. The van der Waals surface area contributed by atoms with Crippen LogP contribution in [-0.4, -0.2) is 23.9 Å². The number of methoxy groups -OCH3 is 1. The smallest absolute Gasteiger partial charge is 0.300 e. The van der Waals surface area contributed by atoms with Crippen molar-refractivity contribution < 1.29 is 24.2 Å². The van der Waals surface area contributed by atoms with Crippen molar-refractivity contribution in [2.45, 2.75) is 39.7 Å². The van der Waals surface area contributed by atoms with Gasteiger partial charge in [-0.1, -0.05) is 32.0 Å².